The van der Waals surface area contributed by atoms with E-state index >= 15 is 0 Å². The van der Waals surface area contributed by atoms with Gasteiger partial charge >= 0.3 is 0 Å². The maximum Gasteiger partial charge on any atom is 0.176 e. The second-order valence-electron chi connectivity index (χ2n) is 5.79. The molecule has 3 aromatic rings. The number of fused-ring (bicyclic) bond motifs is 1. The maximum absolute atomic E-state index is 13.4. The van der Waals surface area contributed by atoms with Crippen molar-refractivity contribution in [3.05, 3.63) is 51.7 Å². The molecule has 0 amide bonds. The molecule has 0 aliphatic heterocycles. The Morgan fingerprint density at radius 1 is 1.16 bits per heavy atom. The summed E-state index contributed by atoms with van der Waals surface area (Å²) >= 11 is 2.92. The maximum atomic E-state index is 13.4. The topological polar surface area (TPSA) is 42.9 Å². The van der Waals surface area contributed by atoms with Crippen LogP contribution < -0.4 is 0 Å². The molecule has 0 saturated carbocycles. The van der Waals surface area contributed by atoms with Gasteiger partial charge in [0, 0.05) is 15.8 Å². The number of thioether (sulfide) groups is 1. The molecule has 7 heteroatoms. The molecule has 0 aliphatic rings. The van der Waals surface area contributed by atoms with E-state index in [1.807, 2.05) is 20.8 Å². The van der Waals surface area contributed by atoms with E-state index in [0.717, 1.165) is 37.8 Å². The molecule has 0 radical (unpaired) electrons. The van der Waals surface area contributed by atoms with Gasteiger partial charge < -0.3 is 0 Å². The lowest BCUT2D eigenvalue weighted by atomic mass is 10.1. The normalized spacial score (nSPS) is 12.6. The summed E-state index contributed by atoms with van der Waals surface area (Å²) < 4.78 is 26.5. The second kappa shape index (κ2) is 6.80. The molecule has 0 spiro atoms. The van der Waals surface area contributed by atoms with Crippen LogP contribution in [0.4, 0.5) is 8.78 Å². The molecule has 0 saturated heterocycles. The first-order valence-electron chi connectivity index (χ1n) is 7.68. The van der Waals surface area contributed by atoms with Crippen LogP contribution in [-0.4, -0.2) is 21.0 Å². The monoisotopic (exact) mass is 378 g/mol. The number of halogens is 2. The summed E-state index contributed by atoms with van der Waals surface area (Å²) in [4.78, 5) is 23.6. The zero-order valence-electron chi connectivity index (χ0n) is 14.2. The van der Waals surface area contributed by atoms with Crippen molar-refractivity contribution < 1.29 is 13.6 Å². The highest BCUT2D eigenvalue weighted by atomic mass is 32.2. The Morgan fingerprint density at radius 2 is 1.88 bits per heavy atom. The van der Waals surface area contributed by atoms with Crippen LogP contribution in [0.3, 0.4) is 0 Å². The number of Topliss-reactive ketones (excluding diaryl/α,β-unsaturated/α-hetero) is 1. The molecule has 2 aromatic heterocycles. The van der Waals surface area contributed by atoms with Crippen LogP contribution in [0.25, 0.3) is 10.2 Å². The van der Waals surface area contributed by atoms with E-state index in [1.54, 1.807) is 18.3 Å². The molecular formula is C18H16F2N2OS2. The molecule has 0 aliphatic carbocycles. The van der Waals surface area contributed by atoms with Crippen LogP contribution in [-0.2, 0) is 0 Å². The van der Waals surface area contributed by atoms with E-state index in [4.69, 9.17) is 0 Å². The highest BCUT2D eigenvalue weighted by molar-refractivity contribution is 8.00. The van der Waals surface area contributed by atoms with Gasteiger partial charge in [-0.2, -0.15) is 0 Å². The quantitative estimate of drug-likeness (QED) is 0.353. The number of carbonyl (C=O) groups is 1. The molecule has 0 fully saturated rings. The number of rotatable bonds is 4. The average Bonchev–Trinajstić information content (AvgIpc) is 2.83. The summed E-state index contributed by atoms with van der Waals surface area (Å²) in [6.45, 7) is 7.60. The Bertz CT molecular complexity index is 985. The molecule has 0 N–H and O–H groups in total. The number of thiophene rings is 1. The summed E-state index contributed by atoms with van der Waals surface area (Å²) in [5, 5.41) is 1.22. The number of aryl methyl sites for hydroxylation is 3. The molecule has 0 unspecified atom stereocenters. The Hall–Kier alpha value is -1.86. The van der Waals surface area contributed by atoms with Gasteiger partial charge in [-0.05, 0) is 51.5 Å². The highest BCUT2D eigenvalue weighted by Crippen LogP contribution is 2.37. The number of aromatic nitrogens is 2. The van der Waals surface area contributed by atoms with Gasteiger partial charge in [-0.1, -0.05) is 11.8 Å². The predicted molar refractivity (Wildman–Crippen MR) is 97.6 cm³/mol. The first-order valence-corrected chi connectivity index (χ1v) is 9.37. The van der Waals surface area contributed by atoms with Gasteiger partial charge in [-0.15, -0.1) is 11.3 Å². The highest BCUT2D eigenvalue weighted by Gasteiger charge is 2.22. The van der Waals surface area contributed by atoms with Crippen molar-refractivity contribution in [3.63, 3.8) is 0 Å². The third-order valence-corrected chi connectivity index (χ3v) is 6.16. The Balaban J connectivity index is 1.95. The lowest BCUT2D eigenvalue weighted by molar-refractivity contribution is 0.0993. The molecule has 130 valence electrons. The number of nitrogens with zero attached hydrogens (tertiary/aromatic N) is 2. The molecule has 0 bridgehead atoms. The summed E-state index contributed by atoms with van der Waals surface area (Å²) in [6, 6.07) is 3.22. The van der Waals surface area contributed by atoms with Crippen LogP contribution in [0.2, 0.25) is 0 Å². The number of benzene rings is 1. The van der Waals surface area contributed by atoms with Crippen molar-refractivity contribution in [2.75, 3.05) is 0 Å². The van der Waals surface area contributed by atoms with Crippen molar-refractivity contribution in [1.29, 1.82) is 0 Å². The zero-order valence-corrected chi connectivity index (χ0v) is 15.8. The van der Waals surface area contributed by atoms with Crippen LogP contribution >= 0.6 is 23.1 Å². The summed E-state index contributed by atoms with van der Waals surface area (Å²) in [6.07, 6.45) is 0. The number of ketones is 1. The molecule has 25 heavy (non-hydrogen) atoms. The Morgan fingerprint density at radius 3 is 2.56 bits per heavy atom. The number of carbonyl (C=O) groups excluding carboxylic acids is 1. The van der Waals surface area contributed by atoms with Gasteiger partial charge in [0.15, 0.2) is 17.4 Å². The van der Waals surface area contributed by atoms with Crippen molar-refractivity contribution in [2.24, 2.45) is 0 Å². The third kappa shape index (κ3) is 3.43. The van der Waals surface area contributed by atoms with E-state index in [-0.39, 0.29) is 11.3 Å². The van der Waals surface area contributed by atoms with Crippen LogP contribution in [0.15, 0.2) is 23.2 Å². The largest absolute Gasteiger partial charge is 0.293 e. The first kappa shape index (κ1) is 17.9. The number of hydrogen-bond acceptors (Lipinski definition) is 5. The summed E-state index contributed by atoms with van der Waals surface area (Å²) in [5.74, 6) is -1.61. The molecule has 3 rings (SSSR count). The molecular weight excluding hydrogens is 362 g/mol. The van der Waals surface area contributed by atoms with E-state index in [9.17, 15) is 13.6 Å². The molecule has 2 heterocycles. The van der Waals surface area contributed by atoms with E-state index in [1.165, 1.54) is 17.8 Å². The van der Waals surface area contributed by atoms with E-state index < -0.39 is 16.9 Å². The van der Waals surface area contributed by atoms with E-state index in [2.05, 4.69) is 9.97 Å². The minimum atomic E-state index is -1.02. The minimum absolute atomic E-state index is 0.152. The fraction of sp³-hybridized carbons (Fsp3) is 0.278. The fourth-order valence-corrected chi connectivity index (χ4v) is 4.77. The third-order valence-electron chi connectivity index (χ3n) is 3.97. The van der Waals surface area contributed by atoms with Gasteiger partial charge in [0.05, 0.1) is 5.25 Å². The van der Waals surface area contributed by atoms with Crippen molar-refractivity contribution in [2.45, 2.75) is 38.0 Å². The fourth-order valence-electron chi connectivity index (χ4n) is 2.50. The summed E-state index contributed by atoms with van der Waals surface area (Å²) in [7, 11) is 0. The average molecular weight is 378 g/mol. The van der Waals surface area contributed by atoms with Crippen molar-refractivity contribution in [3.8, 4) is 0 Å². The molecule has 1 aromatic carbocycles. The molecule has 3 nitrogen and oxygen atoms in total. The van der Waals surface area contributed by atoms with Crippen molar-refractivity contribution >= 4 is 39.1 Å². The van der Waals surface area contributed by atoms with Gasteiger partial charge in [0.2, 0.25) is 0 Å². The lowest BCUT2D eigenvalue weighted by Gasteiger charge is -2.11. The van der Waals surface area contributed by atoms with Crippen LogP contribution in [0.5, 0.6) is 0 Å². The van der Waals surface area contributed by atoms with Crippen molar-refractivity contribution in [1.82, 2.24) is 9.97 Å². The predicted octanol–water partition coefficient (Wildman–Crippen LogP) is 5.26. The van der Waals surface area contributed by atoms with Gasteiger partial charge in [-0.25, -0.2) is 18.7 Å². The second-order valence-corrected chi connectivity index (χ2v) is 8.33. The van der Waals surface area contributed by atoms with Crippen LogP contribution in [0, 0.1) is 32.4 Å². The van der Waals surface area contributed by atoms with E-state index in [0.29, 0.717) is 5.82 Å². The SMILES string of the molecule is Cc1nc(S[C@H](C)C(=O)c2ccc(F)c(F)c2)c2c(C)c(C)sc2n1. The Labute approximate surface area is 152 Å². The first-order chi connectivity index (χ1) is 11.8. The zero-order chi connectivity index (χ0) is 18.3. The smallest absolute Gasteiger partial charge is 0.176 e. The van der Waals surface area contributed by atoms with Gasteiger partial charge in [0.25, 0.3) is 0 Å². The Kier molecular flexibility index (Phi) is 4.88. The lowest BCUT2D eigenvalue weighted by Crippen LogP contribution is -2.14. The standard InChI is InChI=1S/C18H16F2N2OS2/c1-8-9(2)24-17-15(8)18(22-11(4)21-17)25-10(3)16(23)12-5-6-13(19)14(20)7-12/h5-7,10H,1-4H3/t10-/m1/s1. The van der Waals surface area contributed by atoms with Gasteiger partial charge in [-0.3, -0.25) is 4.79 Å². The van der Waals surface area contributed by atoms with Crippen LogP contribution in [0.1, 0.15) is 33.5 Å². The summed E-state index contributed by atoms with van der Waals surface area (Å²) in [5.41, 5.74) is 1.26. The van der Waals surface area contributed by atoms with Gasteiger partial charge in [0.1, 0.15) is 15.7 Å². The molecule has 1 atom stereocenters. The minimum Gasteiger partial charge on any atom is -0.293 e. The number of hydrogen-bond donors (Lipinski definition) is 0.